The fourth-order valence-electron chi connectivity index (χ4n) is 0.348. The lowest BCUT2D eigenvalue weighted by molar-refractivity contribution is 0.178. The van der Waals surface area contributed by atoms with E-state index in [1.807, 2.05) is 0 Å². The number of carbonyl (C=O) groups is 1. The van der Waals surface area contributed by atoms with E-state index in [4.69, 9.17) is 0 Å². The summed E-state index contributed by atoms with van der Waals surface area (Å²) in [4.78, 5) is 9.91. The monoisotopic (exact) mass is 105 g/mol. The molecule has 7 heavy (non-hydrogen) atoms. The number of ether oxygens (including phenoxy) is 1. The minimum Gasteiger partial charge on any atom is -0.448 e. The molecule has 4 nitrogen and oxygen atoms in total. The van der Waals surface area contributed by atoms with Gasteiger partial charge in [-0.3, -0.25) is 0 Å². The van der Waals surface area contributed by atoms with Crippen molar-refractivity contribution in [2.75, 3.05) is 13.2 Å². The first kappa shape index (κ1) is 6.23. The Kier molecular flexibility index (Phi) is 2.15. The summed E-state index contributed by atoms with van der Waals surface area (Å²) in [5.74, 6) is 0. The average molecular weight is 105 g/mol. The zero-order valence-electron chi connectivity index (χ0n) is 3.73. The molecule has 0 atom stereocenters. The minimum absolute atomic E-state index is 0. The van der Waals surface area contributed by atoms with E-state index >= 15 is 0 Å². The Balaban J connectivity index is 0.000000360. The third kappa shape index (κ3) is 1.41. The molecule has 1 aliphatic rings. The smallest absolute Gasteiger partial charge is 0.407 e. The molecule has 0 bridgehead atoms. The zero-order valence-corrected chi connectivity index (χ0v) is 3.73. The van der Waals surface area contributed by atoms with Crippen LogP contribution in [0.25, 0.3) is 0 Å². The quantitative estimate of drug-likeness (QED) is 0.425. The van der Waals surface area contributed by atoms with Crippen LogP contribution in [0.1, 0.15) is 0 Å². The van der Waals surface area contributed by atoms with Gasteiger partial charge in [-0.15, -0.1) is 0 Å². The van der Waals surface area contributed by atoms with Crippen molar-refractivity contribution in [3.8, 4) is 0 Å². The number of carbonyl (C=O) groups excluding carboxylic acids is 1. The van der Waals surface area contributed by atoms with E-state index < -0.39 is 0 Å². The summed E-state index contributed by atoms with van der Waals surface area (Å²) in [6.07, 6.45) is -0.296. The van der Waals surface area contributed by atoms with Gasteiger partial charge < -0.3 is 15.5 Å². The van der Waals surface area contributed by atoms with Crippen LogP contribution in [0.15, 0.2) is 0 Å². The van der Waals surface area contributed by atoms with Crippen molar-refractivity contribution >= 4 is 6.09 Å². The van der Waals surface area contributed by atoms with Crippen LogP contribution in [0.5, 0.6) is 0 Å². The normalized spacial score (nSPS) is 16.9. The highest BCUT2D eigenvalue weighted by Crippen LogP contribution is 1.82. The molecule has 0 aliphatic carbocycles. The van der Waals surface area contributed by atoms with Gasteiger partial charge in [0.2, 0.25) is 0 Å². The Hall–Kier alpha value is -0.770. The molecule has 42 valence electrons. The predicted octanol–water partition coefficient (Wildman–Crippen LogP) is -1.10. The maximum absolute atomic E-state index is 9.91. The lowest BCUT2D eigenvalue weighted by Gasteiger charge is -1.80. The zero-order chi connectivity index (χ0) is 4.41. The van der Waals surface area contributed by atoms with Crippen molar-refractivity contribution in [2.45, 2.75) is 0 Å². The Morgan fingerprint density at radius 2 is 2.43 bits per heavy atom. The summed E-state index contributed by atoms with van der Waals surface area (Å²) in [6.45, 7) is 1.19. The van der Waals surface area contributed by atoms with Crippen molar-refractivity contribution in [1.82, 2.24) is 5.32 Å². The van der Waals surface area contributed by atoms with E-state index in [1.165, 1.54) is 0 Å². The topological polar surface area (TPSA) is 69.8 Å². The molecule has 0 unspecified atom stereocenters. The number of rotatable bonds is 0. The lowest BCUT2D eigenvalue weighted by Crippen LogP contribution is -2.11. The Morgan fingerprint density at radius 3 is 2.57 bits per heavy atom. The van der Waals surface area contributed by atoms with Gasteiger partial charge in [0.1, 0.15) is 6.61 Å². The van der Waals surface area contributed by atoms with Crippen molar-refractivity contribution in [3.63, 3.8) is 0 Å². The number of alkyl carbamates (subject to hydrolysis) is 1. The molecule has 1 heterocycles. The van der Waals surface area contributed by atoms with Gasteiger partial charge in [-0.1, -0.05) is 0 Å². The van der Waals surface area contributed by atoms with Crippen LogP contribution in [-0.4, -0.2) is 24.7 Å². The van der Waals surface area contributed by atoms with E-state index in [0.29, 0.717) is 13.2 Å². The van der Waals surface area contributed by atoms with Gasteiger partial charge >= 0.3 is 6.09 Å². The van der Waals surface area contributed by atoms with Gasteiger partial charge in [0.25, 0.3) is 0 Å². The molecule has 3 N–H and O–H groups in total. The first-order valence-corrected chi connectivity index (χ1v) is 1.80. The van der Waals surface area contributed by atoms with Crippen molar-refractivity contribution in [1.29, 1.82) is 0 Å². The molecule has 1 fully saturated rings. The molecule has 1 aliphatic heterocycles. The summed E-state index contributed by atoms with van der Waals surface area (Å²) in [5.41, 5.74) is 0. The summed E-state index contributed by atoms with van der Waals surface area (Å²) in [7, 11) is 0. The van der Waals surface area contributed by atoms with Crippen LogP contribution in [-0.2, 0) is 4.74 Å². The Morgan fingerprint density at radius 1 is 1.71 bits per heavy atom. The Labute approximate surface area is 40.8 Å². The average Bonchev–Trinajstić information content (AvgIpc) is 1.86. The summed E-state index contributed by atoms with van der Waals surface area (Å²) in [6, 6.07) is 0. The fraction of sp³-hybridized carbons (Fsp3) is 0.667. The van der Waals surface area contributed by atoms with Gasteiger partial charge in [0.05, 0.1) is 6.54 Å². The predicted molar refractivity (Wildman–Crippen MR) is 23.0 cm³/mol. The molecule has 4 heteroatoms. The second-order valence-corrected chi connectivity index (χ2v) is 1.06. The molecule has 0 saturated carbocycles. The van der Waals surface area contributed by atoms with Gasteiger partial charge in [-0.25, -0.2) is 4.79 Å². The SMILES string of the molecule is O.O=C1NCCO1. The molecule has 0 aromatic heterocycles. The molecule has 0 aromatic carbocycles. The minimum atomic E-state index is -0.296. The molecule has 0 radical (unpaired) electrons. The molecule has 1 amide bonds. The molecule has 1 rings (SSSR count). The second-order valence-electron chi connectivity index (χ2n) is 1.06. The lowest BCUT2D eigenvalue weighted by atomic mass is 10.7. The van der Waals surface area contributed by atoms with Gasteiger partial charge in [-0.05, 0) is 0 Å². The van der Waals surface area contributed by atoms with E-state index in [2.05, 4.69) is 10.1 Å². The number of hydrogen-bond donors (Lipinski definition) is 1. The van der Waals surface area contributed by atoms with Gasteiger partial charge in [0.15, 0.2) is 0 Å². The standard InChI is InChI=1S/C3H5NO2.H2O/c5-3-4-1-2-6-3;/h1-2H2,(H,4,5);1H2. The molecule has 0 spiro atoms. The van der Waals surface area contributed by atoms with Crippen molar-refractivity contribution < 1.29 is 15.0 Å². The third-order valence-electron chi connectivity index (χ3n) is 0.605. The summed E-state index contributed by atoms with van der Waals surface area (Å²) < 4.78 is 4.40. The second kappa shape index (κ2) is 2.41. The number of amides is 1. The highest BCUT2D eigenvalue weighted by molar-refractivity contribution is 5.68. The van der Waals surface area contributed by atoms with Crippen LogP contribution in [0, 0.1) is 0 Å². The maximum atomic E-state index is 9.91. The highest BCUT2D eigenvalue weighted by Gasteiger charge is 2.06. The fourth-order valence-corrected chi connectivity index (χ4v) is 0.348. The van der Waals surface area contributed by atoms with E-state index in [0.717, 1.165) is 0 Å². The molecular formula is C3H7NO3. The van der Waals surface area contributed by atoms with Crippen LogP contribution < -0.4 is 5.32 Å². The first-order chi connectivity index (χ1) is 2.89. The number of nitrogens with one attached hydrogen (secondary N) is 1. The highest BCUT2D eigenvalue weighted by atomic mass is 16.6. The summed E-state index contributed by atoms with van der Waals surface area (Å²) >= 11 is 0. The number of cyclic esters (lactones) is 1. The van der Waals surface area contributed by atoms with E-state index in [1.54, 1.807) is 0 Å². The van der Waals surface area contributed by atoms with Gasteiger partial charge in [0, 0.05) is 0 Å². The van der Waals surface area contributed by atoms with Crippen LogP contribution >= 0.6 is 0 Å². The third-order valence-corrected chi connectivity index (χ3v) is 0.605. The maximum Gasteiger partial charge on any atom is 0.407 e. The van der Waals surface area contributed by atoms with E-state index in [9.17, 15) is 4.79 Å². The Bertz CT molecular complexity index is 64.6. The molecule has 0 aromatic rings. The number of hydrogen-bond acceptors (Lipinski definition) is 2. The van der Waals surface area contributed by atoms with Crippen LogP contribution in [0.3, 0.4) is 0 Å². The van der Waals surface area contributed by atoms with E-state index in [-0.39, 0.29) is 11.6 Å². The van der Waals surface area contributed by atoms with Crippen LogP contribution in [0.4, 0.5) is 4.79 Å². The largest absolute Gasteiger partial charge is 0.448 e. The molecular weight excluding hydrogens is 98.0 g/mol. The van der Waals surface area contributed by atoms with Crippen LogP contribution in [0.2, 0.25) is 0 Å². The van der Waals surface area contributed by atoms with Crippen molar-refractivity contribution in [3.05, 3.63) is 0 Å². The summed E-state index contributed by atoms with van der Waals surface area (Å²) in [5, 5.41) is 2.46. The molecule has 1 saturated heterocycles. The first-order valence-electron chi connectivity index (χ1n) is 1.80. The van der Waals surface area contributed by atoms with Gasteiger partial charge in [-0.2, -0.15) is 0 Å². The van der Waals surface area contributed by atoms with Crippen molar-refractivity contribution in [2.24, 2.45) is 0 Å².